The van der Waals surface area contributed by atoms with Gasteiger partial charge in [0.1, 0.15) is 11.1 Å². The Labute approximate surface area is 101 Å². The molecule has 0 aliphatic heterocycles. The molecule has 0 fully saturated rings. The molecule has 1 aromatic carbocycles. The van der Waals surface area contributed by atoms with Crippen molar-refractivity contribution >= 4 is 5.69 Å². The largest absolute Gasteiger partial charge is 0.423 e. The number of alkyl halides is 6. The van der Waals surface area contributed by atoms with Crippen molar-refractivity contribution in [3.05, 3.63) is 38.9 Å². The third-order valence-corrected chi connectivity index (χ3v) is 2.15. The quantitative estimate of drug-likeness (QED) is 0.517. The molecule has 1 N–H and O–H groups in total. The lowest BCUT2D eigenvalue weighted by Gasteiger charge is -2.14. The van der Waals surface area contributed by atoms with Crippen molar-refractivity contribution in [2.45, 2.75) is 19.0 Å². The minimum absolute atomic E-state index is 0.118. The second kappa shape index (κ2) is 4.68. The number of aliphatic hydroxyl groups excluding tert-OH is 1. The van der Waals surface area contributed by atoms with E-state index in [-0.39, 0.29) is 12.1 Å². The lowest BCUT2D eigenvalue weighted by molar-refractivity contribution is -0.391. The summed E-state index contributed by atoms with van der Waals surface area (Å²) in [4.78, 5) is 8.74. The van der Waals surface area contributed by atoms with E-state index in [0.29, 0.717) is 0 Å². The number of benzene rings is 1. The van der Waals surface area contributed by atoms with Gasteiger partial charge in [-0.05, 0) is 17.7 Å². The van der Waals surface area contributed by atoms with Gasteiger partial charge < -0.3 is 5.11 Å². The van der Waals surface area contributed by atoms with E-state index in [0.717, 1.165) is 0 Å². The van der Waals surface area contributed by atoms with E-state index in [1.165, 1.54) is 0 Å². The summed E-state index contributed by atoms with van der Waals surface area (Å²) >= 11 is 0. The van der Waals surface area contributed by atoms with Gasteiger partial charge in [0.25, 0.3) is 5.69 Å². The molecule has 0 spiro atoms. The molecule has 0 radical (unpaired) electrons. The van der Waals surface area contributed by atoms with E-state index >= 15 is 0 Å². The van der Waals surface area contributed by atoms with Gasteiger partial charge in [0.15, 0.2) is 0 Å². The molecule has 0 amide bonds. The lowest BCUT2D eigenvalue weighted by Crippen LogP contribution is -2.16. The van der Waals surface area contributed by atoms with Crippen LogP contribution in [0.3, 0.4) is 0 Å². The SMILES string of the molecule is O=[N+]([O-])c1c(C(F)(F)F)cc(CO)cc1C(F)(F)F. The first kappa shape index (κ1) is 15.2. The number of hydrogen-bond donors (Lipinski definition) is 1. The van der Waals surface area contributed by atoms with Gasteiger partial charge in [0.2, 0.25) is 0 Å². The standard InChI is InChI=1S/C9H5F6NO3/c10-8(11,12)5-1-4(3-17)2-6(9(13,14)15)7(5)16(18)19/h1-2,17H,3H2. The fourth-order valence-corrected chi connectivity index (χ4v) is 1.41. The zero-order chi connectivity index (χ0) is 15.0. The van der Waals surface area contributed by atoms with E-state index in [9.17, 15) is 36.5 Å². The van der Waals surface area contributed by atoms with Crippen LogP contribution in [-0.2, 0) is 19.0 Å². The smallest absolute Gasteiger partial charge is 0.392 e. The molecular weight excluding hydrogens is 284 g/mol. The average Bonchev–Trinajstić information content (AvgIpc) is 2.24. The van der Waals surface area contributed by atoms with Crippen LogP contribution in [0.5, 0.6) is 0 Å². The maximum Gasteiger partial charge on any atom is 0.423 e. The molecule has 19 heavy (non-hydrogen) atoms. The van der Waals surface area contributed by atoms with E-state index in [4.69, 9.17) is 5.11 Å². The Hall–Kier alpha value is -1.84. The molecule has 1 rings (SSSR count). The van der Waals surface area contributed by atoms with E-state index in [2.05, 4.69) is 0 Å². The maximum absolute atomic E-state index is 12.5. The third kappa shape index (κ3) is 3.13. The molecular formula is C9H5F6NO3. The maximum atomic E-state index is 12.5. The van der Waals surface area contributed by atoms with Gasteiger partial charge in [-0.3, -0.25) is 10.1 Å². The summed E-state index contributed by atoms with van der Waals surface area (Å²) in [5.74, 6) is 0. The number of nitrogens with zero attached hydrogens (tertiary/aromatic N) is 1. The van der Waals surface area contributed by atoms with Crippen molar-refractivity contribution in [1.29, 1.82) is 0 Å². The molecule has 1 aromatic rings. The Kier molecular flexibility index (Phi) is 3.75. The summed E-state index contributed by atoms with van der Waals surface area (Å²) < 4.78 is 75.2. The van der Waals surface area contributed by atoms with Crippen molar-refractivity contribution in [1.82, 2.24) is 0 Å². The highest BCUT2D eigenvalue weighted by Gasteiger charge is 2.46. The summed E-state index contributed by atoms with van der Waals surface area (Å²) in [5.41, 5.74) is -6.88. The monoisotopic (exact) mass is 289 g/mol. The van der Waals surface area contributed by atoms with Crippen LogP contribution >= 0.6 is 0 Å². The van der Waals surface area contributed by atoms with Crippen LogP contribution in [-0.4, -0.2) is 10.0 Å². The minimum Gasteiger partial charge on any atom is -0.392 e. The van der Waals surface area contributed by atoms with Crippen molar-refractivity contribution < 1.29 is 36.4 Å². The molecule has 4 nitrogen and oxygen atoms in total. The predicted octanol–water partition coefficient (Wildman–Crippen LogP) is 3.12. The highest BCUT2D eigenvalue weighted by atomic mass is 19.4. The van der Waals surface area contributed by atoms with Gasteiger partial charge in [0.05, 0.1) is 11.5 Å². The number of nitro benzene ring substituents is 1. The molecule has 0 bridgehead atoms. The molecule has 0 aliphatic carbocycles. The summed E-state index contributed by atoms with van der Waals surface area (Å²) in [7, 11) is 0. The van der Waals surface area contributed by atoms with Crippen LogP contribution in [0.15, 0.2) is 12.1 Å². The molecule has 0 atom stereocenters. The minimum atomic E-state index is -5.34. The Morgan fingerprint density at radius 2 is 1.42 bits per heavy atom. The van der Waals surface area contributed by atoms with Gasteiger partial charge in [-0.2, -0.15) is 26.3 Å². The van der Waals surface area contributed by atoms with Gasteiger partial charge in [-0.1, -0.05) is 0 Å². The normalized spacial score (nSPS) is 12.6. The van der Waals surface area contributed by atoms with Crippen LogP contribution in [0, 0.1) is 10.1 Å². The fourth-order valence-electron chi connectivity index (χ4n) is 1.41. The first-order valence-electron chi connectivity index (χ1n) is 4.55. The first-order chi connectivity index (χ1) is 8.48. The number of hydrogen-bond acceptors (Lipinski definition) is 3. The van der Waals surface area contributed by atoms with Crippen LogP contribution in [0.2, 0.25) is 0 Å². The molecule has 0 saturated heterocycles. The molecule has 10 heteroatoms. The van der Waals surface area contributed by atoms with Crippen LogP contribution in [0.25, 0.3) is 0 Å². The molecule has 0 aliphatic rings. The number of halogens is 6. The molecule has 0 unspecified atom stereocenters. The Morgan fingerprint density at radius 3 is 1.63 bits per heavy atom. The summed E-state index contributed by atoms with van der Waals surface area (Å²) in [6, 6.07) is 0.237. The van der Waals surface area contributed by atoms with Crippen LogP contribution < -0.4 is 0 Å². The number of rotatable bonds is 2. The van der Waals surface area contributed by atoms with Crippen molar-refractivity contribution in [3.63, 3.8) is 0 Å². The van der Waals surface area contributed by atoms with E-state index in [1.807, 2.05) is 0 Å². The Morgan fingerprint density at radius 1 is 1.05 bits per heavy atom. The second-order valence-corrected chi connectivity index (χ2v) is 3.45. The van der Waals surface area contributed by atoms with Crippen molar-refractivity contribution in [2.24, 2.45) is 0 Å². The van der Waals surface area contributed by atoms with Crippen molar-refractivity contribution in [2.75, 3.05) is 0 Å². The second-order valence-electron chi connectivity index (χ2n) is 3.45. The zero-order valence-corrected chi connectivity index (χ0v) is 8.84. The van der Waals surface area contributed by atoms with Gasteiger partial charge >= 0.3 is 12.4 Å². The molecule has 0 aromatic heterocycles. The van der Waals surface area contributed by atoms with Gasteiger partial charge in [0, 0.05) is 0 Å². The zero-order valence-electron chi connectivity index (χ0n) is 8.84. The van der Waals surface area contributed by atoms with E-state index < -0.39 is 46.3 Å². The number of aliphatic hydroxyl groups is 1. The Bertz CT molecular complexity index is 473. The molecule has 0 heterocycles. The van der Waals surface area contributed by atoms with Crippen molar-refractivity contribution in [3.8, 4) is 0 Å². The number of nitro groups is 1. The van der Waals surface area contributed by atoms with E-state index in [1.54, 1.807) is 0 Å². The lowest BCUT2D eigenvalue weighted by atomic mass is 10.0. The summed E-state index contributed by atoms with van der Waals surface area (Å²) in [6.07, 6.45) is -10.7. The third-order valence-electron chi connectivity index (χ3n) is 2.15. The predicted molar refractivity (Wildman–Crippen MR) is 49.0 cm³/mol. The van der Waals surface area contributed by atoms with Gasteiger partial charge in [-0.15, -0.1) is 0 Å². The highest BCUT2D eigenvalue weighted by Crippen LogP contribution is 2.44. The summed E-state index contributed by atoms with van der Waals surface area (Å²) in [5, 5.41) is 19.1. The fraction of sp³-hybridized carbons (Fsp3) is 0.333. The topological polar surface area (TPSA) is 63.4 Å². The highest BCUT2D eigenvalue weighted by molar-refractivity contribution is 5.53. The first-order valence-corrected chi connectivity index (χ1v) is 4.55. The van der Waals surface area contributed by atoms with Crippen LogP contribution in [0.1, 0.15) is 16.7 Å². The average molecular weight is 289 g/mol. The molecule has 106 valence electrons. The van der Waals surface area contributed by atoms with Gasteiger partial charge in [-0.25, -0.2) is 0 Å². The van der Waals surface area contributed by atoms with Crippen LogP contribution in [0.4, 0.5) is 32.0 Å². The Balaban J connectivity index is 3.76. The molecule has 0 saturated carbocycles. The summed E-state index contributed by atoms with van der Waals surface area (Å²) in [6.45, 7) is -1.11.